The minimum absolute atomic E-state index is 0.505. The maximum atomic E-state index is 10.2. The molecule has 0 amide bonds. The van der Waals surface area contributed by atoms with E-state index in [-0.39, 0.29) is 0 Å². The van der Waals surface area contributed by atoms with Crippen LogP contribution in [-0.2, 0) is 6.42 Å². The molecule has 1 heterocycles. The van der Waals surface area contributed by atoms with E-state index >= 15 is 0 Å². The van der Waals surface area contributed by atoms with Crippen LogP contribution in [0.3, 0.4) is 0 Å². The fourth-order valence-electron chi connectivity index (χ4n) is 1.89. The first-order valence-corrected chi connectivity index (χ1v) is 8.03. The number of hydrogen-bond acceptors (Lipinski definition) is 3. The zero-order valence-corrected chi connectivity index (χ0v) is 13.1. The largest absolute Gasteiger partial charge is 0.494 e. The Hall–Kier alpha value is -1.03. The van der Waals surface area contributed by atoms with E-state index in [4.69, 9.17) is 16.3 Å². The number of ether oxygens (including phenoxy) is 1. The highest BCUT2D eigenvalue weighted by Crippen LogP contribution is 2.27. The fraction of sp³-hybridized carbons (Fsp3) is 0.375. The van der Waals surface area contributed by atoms with Crippen molar-refractivity contribution in [3.8, 4) is 5.75 Å². The van der Waals surface area contributed by atoms with Crippen molar-refractivity contribution >= 4 is 22.9 Å². The van der Waals surface area contributed by atoms with Gasteiger partial charge in [0.15, 0.2) is 0 Å². The van der Waals surface area contributed by atoms with E-state index in [1.54, 1.807) is 0 Å². The van der Waals surface area contributed by atoms with Crippen molar-refractivity contribution in [2.24, 2.45) is 0 Å². The SMILES string of the molecule is CCCCOc1ccc(C(O)Cc2ccc(Cl)s2)cc1. The molecule has 1 aromatic heterocycles. The van der Waals surface area contributed by atoms with E-state index < -0.39 is 6.10 Å². The Kier molecular flexibility index (Phi) is 5.89. The van der Waals surface area contributed by atoms with Crippen LogP contribution in [0.5, 0.6) is 5.75 Å². The van der Waals surface area contributed by atoms with Crippen LogP contribution in [0.4, 0.5) is 0 Å². The van der Waals surface area contributed by atoms with Crippen LogP contribution in [0.15, 0.2) is 36.4 Å². The monoisotopic (exact) mass is 310 g/mol. The second-order valence-electron chi connectivity index (χ2n) is 4.70. The predicted octanol–water partition coefficient (Wildman–Crippen LogP) is 4.86. The van der Waals surface area contributed by atoms with Gasteiger partial charge in [-0.05, 0) is 36.2 Å². The zero-order valence-electron chi connectivity index (χ0n) is 11.5. The molecule has 0 spiro atoms. The van der Waals surface area contributed by atoms with Gasteiger partial charge in [0.2, 0.25) is 0 Å². The van der Waals surface area contributed by atoms with Gasteiger partial charge in [-0.1, -0.05) is 37.1 Å². The van der Waals surface area contributed by atoms with Gasteiger partial charge in [0.25, 0.3) is 0 Å². The Morgan fingerprint density at radius 1 is 1.20 bits per heavy atom. The summed E-state index contributed by atoms with van der Waals surface area (Å²) in [4.78, 5) is 1.09. The summed E-state index contributed by atoms with van der Waals surface area (Å²) >= 11 is 7.40. The lowest BCUT2D eigenvalue weighted by Gasteiger charge is -2.11. The molecule has 1 aromatic carbocycles. The molecule has 0 aliphatic rings. The fourth-order valence-corrected chi connectivity index (χ4v) is 3.01. The molecule has 0 saturated heterocycles. The molecule has 0 saturated carbocycles. The molecule has 0 fully saturated rings. The van der Waals surface area contributed by atoms with E-state index in [2.05, 4.69) is 6.92 Å². The van der Waals surface area contributed by atoms with Crippen LogP contribution < -0.4 is 4.74 Å². The molecule has 0 aliphatic carbocycles. The number of hydrogen-bond donors (Lipinski definition) is 1. The molecule has 1 N–H and O–H groups in total. The smallest absolute Gasteiger partial charge is 0.119 e. The van der Waals surface area contributed by atoms with Crippen molar-refractivity contribution in [2.75, 3.05) is 6.61 Å². The topological polar surface area (TPSA) is 29.5 Å². The Bertz CT molecular complexity index is 522. The lowest BCUT2D eigenvalue weighted by molar-refractivity contribution is 0.179. The highest BCUT2D eigenvalue weighted by Gasteiger charge is 2.10. The summed E-state index contributed by atoms with van der Waals surface area (Å²) in [7, 11) is 0. The second-order valence-corrected chi connectivity index (χ2v) is 6.50. The molecule has 0 aliphatic heterocycles. The molecule has 2 rings (SSSR count). The molecule has 1 atom stereocenters. The summed E-state index contributed by atoms with van der Waals surface area (Å²) in [6.07, 6.45) is 2.27. The van der Waals surface area contributed by atoms with Crippen molar-refractivity contribution in [1.82, 2.24) is 0 Å². The Morgan fingerprint density at radius 3 is 2.55 bits per heavy atom. The third kappa shape index (κ3) is 4.51. The summed E-state index contributed by atoms with van der Waals surface area (Å²) in [5.41, 5.74) is 0.900. The van der Waals surface area contributed by atoms with Crippen LogP contribution in [0.25, 0.3) is 0 Å². The van der Waals surface area contributed by atoms with Crippen molar-refractivity contribution < 1.29 is 9.84 Å². The molecule has 108 valence electrons. The Balaban J connectivity index is 1.91. The molecule has 2 aromatic rings. The van der Waals surface area contributed by atoms with E-state index in [1.165, 1.54) is 11.3 Å². The van der Waals surface area contributed by atoms with E-state index in [1.807, 2.05) is 36.4 Å². The van der Waals surface area contributed by atoms with E-state index in [9.17, 15) is 5.11 Å². The second kappa shape index (κ2) is 7.67. The summed E-state index contributed by atoms with van der Waals surface area (Å²) in [6.45, 7) is 2.88. The van der Waals surface area contributed by atoms with Crippen molar-refractivity contribution in [3.63, 3.8) is 0 Å². The molecule has 20 heavy (non-hydrogen) atoms. The number of thiophene rings is 1. The molecule has 0 bridgehead atoms. The maximum Gasteiger partial charge on any atom is 0.119 e. The van der Waals surface area contributed by atoms with Gasteiger partial charge in [-0.2, -0.15) is 0 Å². The molecule has 0 radical (unpaired) electrons. The average molecular weight is 311 g/mol. The van der Waals surface area contributed by atoms with Crippen molar-refractivity contribution in [2.45, 2.75) is 32.3 Å². The Morgan fingerprint density at radius 2 is 1.95 bits per heavy atom. The van der Waals surface area contributed by atoms with Crippen LogP contribution in [0.1, 0.15) is 36.3 Å². The van der Waals surface area contributed by atoms with Crippen molar-refractivity contribution in [1.29, 1.82) is 0 Å². The van der Waals surface area contributed by atoms with E-state index in [0.29, 0.717) is 6.42 Å². The minimum Gasteiger partial charge on any atom is -0.494 e. The lowest BCUT2D eigenvalue weighted by Crippen LogP contribution is -2.01. The van der Waals surface area contributed by atoms with Crippen LogP contribution in [0, 0.1) is 0 Å². The highest BCUT2D eigenvalue weighted by molar-refractivity contribution is 7.16. The number of aliphatic hydroxyl groups excluding tert-OH is 1. The van der Waals surface area contributed by atoms with E-state index in [0.717, 1.165) is 40.0 Å². The first-order chi connectivity index (χ1) is 9.69. The normalized spacial score (nSPS) is 12.3. The third-order valence-electron chi connectivity index (χ3n) is 3.05. The molecule has 1 unspecified atom stereocenters. The predicted molar refractivity (Wildman–Crippen MR) is 84.8 cm³/mol. The molecular formula is C16H19ClO2S. The van der Waals surface area contributed by atoms with Crippen LogP contribution in [-0.4, -0.2) is 11.7 Å². The number of unbranched alkanes of at least 4 members (excludes halogenated alkanes) is 1. The average Bonchev–Trinajstić information content (AvgIpc) is 2.85. The minimum atomic E-state index is -0.505. The maximum absolute atomic E-state index is 10.2. The standard InChI is InChI=1S/C16H19ClO2S/c1-2-3-10-19-13-6-4-12(5-7-13)15(18)11-14-8-9-16(17)20-14/h4-9,15,18H,2-3,10-11H2,1H3. The first-order valence-electron chi connectivity index (χ1n) is 6.84. The van der Waals surface area contributed by atoms with Crippen molar-refractivity contribution in [3.05, 3.63) is 51.2 Å². The van der Waals surface area contributed by atoms with Gasteiger partial charge < -0.3 is 9.84 Å². The number of benzene rings is 1. The summed E-state index contributed by atoms with van der Waals surface area (Å²) in [5.74, 6) is 0.855. The molecule has 2 nitrogen and oxygen atoms in total. The summed E-state index contributed by atoms with van der Waals surface area (Å²) in [5, 5.41) is 10.2. The third-order valence-corrected chi connectivity index (χ3v) is 4.31. The van der Waals surface area contributed by atoms with Crippen LogP contribution in [0.2, 0.25) is 4.34 Å². The summed E-state index contributed by atoms with van der Waals surface area (Å²) < 4.78 is 6.36. The van der Waals surface area contributed by atoms with Gasteiger partial charge in [-0.3, -0.25) is 0 Å². The van der Waals surface area contributed by atoms with Gasteiger partial charge in [0.05, 0.1) is 17.0 Å². The number of rotatable bonds is 7. The Labute approximate surface area is 129 Å². The van der Waals surface area contributed by atoms with Gasteiger partial charge in [0, 0.05) is 11.3 Å². The van der Waals surface area contributed by atoms with Gasteiger partial charge in [0.1, 0.15) is 5.75 Å². The van der Waals surface area contributed by atoms with Gasteiger partial charge >= 0.3 is 0 Å². The highest BCUT2D eigenvalue weighted by atomic mass is 35.5. The quantitative estimate of drug-likeness (QED) is 0.740. The van der Waals surface area contributed by atoms with Gasteiger partial charge in [-0.15, -0.1) is 11.3 Å². The van der Waals surface area contributed by atoms with Gasteiger partial charge in [-0.25, -0.2) is 0 Å². The van der Waals surface area contributed by atoms with Crippen LogP contribution >= 0.6 is 22.9 Å². The lowest BCUT2D eigenvalue weighted by atomic mass is 10.1. The molecular weight excluding hydrogens is 292 g/mol. The number of aliphatic hydroxyl groups is 1. The summed E-state index contributed by atoms with van der Waals surface area (Å²) in [6, 6.07) is 11.5. The first kappa shape index (κ1) is 15.4. The molecule has 4 heteroatoms. The zero-order chi connectivity index (χ0) is 14.4. The number of halogens is 1.